The van der Waals surface area contributed by atoms with Crippen LogP contribution in [0.4, 0.5) is 13.2 Å². The van der Waals surface area contributed by atoms with Gasteiger partial charge in [-0.1, -0.05) is 6.07 Å². The summed E-state index contributed by atoms with van der Waals surface area (Å²) in [6.45, 7) is 0.00813. The van der Waals surface area contributed by atoms with Gasteiger partial charge in [-0.05, 0) is 17.7 Å². The third-order valence-corrected chi connectivity index (χ3v) is 6.67. The molecular formula is C21H20F3N5O3S. The lowest BCUT2D eigenvalue weighted by Gasteiger charge is -2.34. The van der Waals surface area contributed by atoms with Crippen molar-refractivity contribution >= 4 is 35.6 Å². The quantitative estimate of drug-likeness (QED) is 0.657. The number of hydrogen-bond donors (Lipinski definition) is 2. The minimum atomic E-state index is -4.92. The van der Waals surface area contributed by atoms with E-state index in [-0.39, 0.29) is 37.1 Å². The molecule has 174 valence electrons. The van der Waals surface area contributed by atoms with Gasteiger partial charge in [0.1, 0.15) is 5.75 Å². The molecule has 0 saturated carbocycles. The highest BCUT2D eigenvalue weighted by Gasteiger charge is 2.43. The van der Waals surface area contributed by atoms with Crippen LogP contribution in [-0.2, 0) is 11.2 Å². The summed E-state index contributed by atoms with van der Waals surface area (Å²) >= 11 is 1.23. The molecule has 3 heterocycles. The molecule has 0 unspecified atom stereocenters. The SMILES string of the molecule is N=CC(C=N)c1ccc2c(c1)OCCc1sc(C(=O)N3CCN(C(=O)C(F)(F)F)CC3)nc1-2. The zero-order valence-electron chi connectivity index (χ0n) is 17.3. The van der Waals surface area contributed by atoms with Gasteiger partial charge in [0.2, 0.25) is 0 Å². The molecule has 2 aromatic rings. The predicted molar refractivity (Wildman–Crippen MR) is 116 cm³/mol. The molecule has 2 aliphatic rings. The number of halogens is 3. The molecule has 1 aromatic heterocycles. The number of nitrogens with one attached hydrogen (secondary N) is 2. The van der Waals surface area contributed by atoms with Crippen molar-refractivity contribution in [1.29, 1.82) is 10.8 Å². The van der Waals surface area contributed by atoms with Crippen molar-refractivity contribution in [3.63, 3.8) is 0 Å². The molecule has 2 amide bonds. The summed E-state index contributed by atoms with van der Waals surface area (Å²) in [6, 6.07) is 5.35. The molecule has 2 aliphatic heterocycles. The Bertz CT molecular complexity index is 1100. The van der Waals surface area contributed by atoms with Gasteiger partial charge in [-0.2, -0.15) is 13.2 Å². The van der Waals surface area contributed by atoms with E-state index in [2.05, 4.69) is 4.98 Å². The van der Waals surface area contributed by atoms with Crippen molar-refractivity contribution in [2.24, 2.45) is 0 Å². The number of nitrogens with zero attached hydrogens (tertiary/aromatic N) is 3. The molecule has 12 heteroatoms. The zero-order chi connectivity index (χ0) is 23.8. The maximum absolute atomic E-state index is 13.0. The van der Waals surface area contributed by atoms with Crippen LogP contribution in [0.15, 0.2) is 18.2 Å². The fraction of sp³-hybridized carbons (Fsp3) is 0.381. The Morgan fingerprint density at radius 3 is 2.42 bits per heavy atom. The van der Waals surface area contributed by atoms with Crippen molar-refractivity contribution in [3.8, 4) is 17.0 Å². The van der Waals surface area contributed by atoms with Crippen LogP contribution in [-0.4, -0.2) is 78.0 Å². The predicted octanol–water partition coefficient (Wildman–Crippen LogP) is 2.97. The van der Waals surface area contributed by atoms with Crippen molar-refractivity contribution in [3.05, 3.63) is 33.6 Å². The number of carbonyl (C=O) groups excluding carboxylic acids is 2. The number of rotatable bonds is 4. The average molecular weight is 479 g/mol. The summed E-state index contributed by atoms with van der Waals surface area (Å²) in [4.78, 5) is 31.9. The standard InChI is InChI=1S/C21H20F3N5O3S/c22-21(23,24)20(31)29-6-4-28(5-7-29)19(30)18-27-17-14-2-1-12(13(10-25)11-26)9-15(14)32-8-3-16(17)33-18/h1-2,9-11,13,25-26H,3-8H2. The number of amides is 2. The monoisotopic (exact) mass is 479 g/mol. The second-order valence-electron chi connectivity index (χ2n) is 7.59. The van der Waals surface area contributed by atoms with Gasteiger partial charge in [0.15, 0.2) is 5.01 Å². The van der Waals surface area contributed by atoms with E-state index in [1.54, 1.807) is 18.2 Å². The van der Waals surface area contributed by atoms with Crippen LogP contribution in [0.5, 0.6) is 5.75 Å². The Kier molecular flexibility index (Phi) is 6.19. The minimum Gasteiger partial charge on any atom is -0.492 e. The van der Waals surface area contributed by atoms with E-state index in [1.165, 1.54) is 28.7 Å². The van der Waals surface area contributed by atoms with Gasteiger partial charge in [0.25, 0.3) is 5.91 Å². The molecule has 0 radical (unpaired) electrons. The molecular weight excluding hydrogens is 459 g/mol. The number of benzene rings is 1. The number of ether oxygens (including phenoxy) is 1. The number of aromatic nitrogens is 1. The molecule has 0 bridgehead atoms. The summed E-state index contributed by atoms with van der Waals surface area (Å²) in [5.74, 6) is -2.17. The second kappa shape index (κ2) is 8.93. The van der Waals surface area contributed by atoms with Gasteiger partial charge in [0.05, 0.1) is 18.2 Å². The Balaban J connectivity index is 1.54. The summed E-state index contributed by atoms with van der Waals surface area (Å²) in [6.07, 6.45) is -2.06. The van der Waals surface area contributed by atoms with E-state index in [1.807, 2.05) is 0 Å². The molecule has 4 rings (SSSR count). The van der Waals surface area contributed by atoms with Gasteiger partial charge >= 0.3 is 12.1 Å². The number of alkyl halides is 3. The van der Waals surface area contributed by atoms with Crippen LogP contribution in [0.25, 0.3) is 11.3 Å². The highest BCUT2D eigenvalue weighted by molar-refractivity contribution is 7.14. The largest absolute Gasteiger partial charge is 0.492 e. The lowest BCUT2D eigenvalue weighted by molar-refractivity contribution is -0.186. The van der Waals surface area contributed by atoms with Crippen LogP contribution < -0.4 is 4.74 Å². The third kappa shape index (κ3) is 4.47. The zero-order valence-corrected chi connectivity index (χ0v) is 18.1. The topological polar surface area (TPSA) is 110 Å². The van der Waals surface area contributed by atoms with Crippen molar-refractivity contribution < 1.29 is 27.5 Å². The first kappa shape index (κ1) is 22.9. The molecule has 1 fully saturated rings. The summed E-state index contributed by atoms with van der Waals surface area (Å²) in [5, 5.41) is 15.2. The van der Waals surface area contributed by atoms with Crippen LogP contribution >= 0.6 is 11.3 Å². The molecule has 2 N–H and O–H groups in total. The first-order chi connectivity index (χ1) is 15.7. The Morgan fingerprint density at radius 2 is 1.79 bits per heavy atom. The van der Waals surface area contributed by atoms with Crippen LogP contribution in [0.2, 0.25) is 0 Å². The van der Waals surface area contributed by atoms with E-state index in [0.29, 0.717) is 34.9 Å². The number of thiazole rings is 1. The van der Waals surface area contributed by atoms with E-state index in [4.69, 9.17) is 15.6 Å². The number of carbonyl (C=O) groups is 2. The van der Waals surface area contributed by atoms with Gasteiger partial charge < -0.3 is 25.4 Å². The molecule has 1 saturated heterocycles. The van der Waals surface area contributed by atoms with Crippen LogP contribution in [0.3, 0.4) is 0 Å². The molecule has 0 atom stereocenters. The molecule has 33 heavy (non-hydrogen) atoms. The maximum Gasteiger partial charge on any atom is 0.471 e. The summed E-state index contributed by atoms with van der Waals surface area (Å²) in [7, 11) is 0. The number of piperazine rings is 1. The van der Waals surface area contributed by atoms with Crippen molar-refractivity contribution in [2.45, 2.75) is 18.5 Å². The van der Waals surface area contributed by atoms with Gasteiger partial charge in [-0.3, -0.25) is 9.59 Å². The van der Waals surface area contributed by atoms with Gasteiger partial charge in [0, 0.05) is 55.5 Å². The van der Waals surface area contributed by atoms with Crippen molar-refractivity contribution in [2.75, 3.05) is 32.8 Å². The Labute approximate surface area is 191 Å². The molecule has 0 spiro atoms. The molecule has 0 aliphatic carbocycles. The highest BCUT2D eigenvalue weighted by atomic mass is 32.1. The second-order valence-corrected chi connectivity index (χ2v) is 8.67. The summed E-state index contributed by atoms with van der Waals surface area (Å²) in [5.41, 5.74) is 2.06. The lowest BCUT2D eigenvalue weighted by Crippen LogP contribution is -2.53. The number of fused-ring (bicyclic) bond motifs is 3. The van der Waals surface area contributed by atoms with E-state index in [9.17, 15) is 22.8 Å². The van der Waals surface area contributed by atoms with E-state index < -0.39 is 18.0 Å². The smallest absolute Gasteiger partial charge is 0.471 e. The fourth-order valence-electron chi connectivity index (χ4n) is 3.81. The minimum absolute atomic E-state index is 0.00257. The Hall–Kier alpha value is -3.28. The fourth-order valence-corrected chi connectivity index (χ4v) is 4.83. The highest BCUT2D eigenvalue weighted by Crippen LogP contribution is 2.39. The molecule has 8 nitrogen and oxygen atoms in total. The van der Waals surface area contributed by atoms with E-state index in [0.717, 1.165) is 10.4 Å². The first-order valence-corrected chi connectivity index (χ1v) is 11.0. The average Bonchev–Trinajstić information content (AvgIpc) is 3.15. The maximum atomic E-state index is 13.0. The summed E-state index contributed by atoms with van der Waals surface area (Å²) < 4.78 is 43.8. The van der Waals surface area contributed by atoms with Crippen LogP contribution in [0, 0.1) is 10.8 Å². The van der Waals surface area contributed by atoms with Gasteiger partial charge in [-0.15, -0.1) is 11.3 Å². The third-order valence-electron chi connectivity index (χ3n) is 5.57. The van der Waals surface area contributed by atoms with E-state index >= 15 is 0 Å². The normalized spacial score (nSPS) is 16.7. The molecule has 1 aromatic carbocycles. The lowest BCUT2D eigenvalue weighted by atomic mass is 9.98. The van der Waals surface area contributed by atoms with Gasteiger partial charge in [-0.25, -0.2) is 4.98 Å². The van der Waals surface area contributed by atoms with Crippen LogP contribution in [0.1, 0.15) is 26.2 Å². The van der Waals surface area contributed by atoms with Crippen molar-refractivity contribution in [1.82, 2.24) is 14.8 Å². The number of hydrogen-bond acceptors (Lipinski definition) is 7. The Morgan fingerprint density at radius 1 is 1.12 bits per heavy atom. The first-order valence-electron chi connectivity index (χ1n) is 10.2.